The lowest BCUT2D eigenvalue weighted by Crippen LogP contribution is -2.34. The summed E-state index contributed by atoms with van der Waals surface area (Å²) in [6.07, 6.45) is 2.55. The molecule has 0 heterocycles. The van der Waals surface area contributed by atoms with Crippen molar-refractivity contribution in [2.75, 3.05) is 6.54 Å². The highest BCUT2D eigenvalue weighted by Gasteiger charge is 2.49. The van der Waals surface area contributed by atoms with Crippen LogP contribution in [0.3, 0.4) is 0 Å². The predicted molar refractivity (Wildman–Crippen MR) is 79.0 cm³/mol. The number of hydrogen-bond acceptors (Lipinski definition) is 1. The normalized spacial score (nSPS) is 22.8. The number of rotatable bonds is 5. The summed E-state index contributed by atoms with van der Waals surface area (Å²) in [5.74, 6) is 0.844. The summed E-state index contributed by atoms with van der Waals surface area (Å²) < 4.78 is 0. The smallest absolute Gasteiger partial charge is 0.0141 e. The minimum absolute atomic E-state index is 0.545. The van der Waals surface area contributed by atoms with Crippen LogP contribution in [0.4, 0.5) is 0 Å². The summed E-state index contributed by atoms with van der Waals surface area (Å²) in [6, 6.07) is 7.29. The average molecular weight is 245 g/mol. The van der Waals surface area contributed by atoms with Gasteiger partial charge in [0.05, 0.1) is 0 Å². The highest BCUT2D eigenvalue weighted by molar-refractivity contribution is 5.34. The van der Waals surface area contributed by atoms with Crippen LogP contribution in [0, 0.1) is 25.2 Å². The van der Waals surface area contributed by atoms with Gasteiger partial charge in [-0.25, -0.2) is 0 Å². The van der Waals surface area contributed by atoms with Crippen molar-refractivity contribution in [2.24, 2.45) is 11.3 Å². The summed E-state index contributed by atoms with van der Waals surface area (Å²) in [6.45, 7) is 12.6. The van der Waals surface area contributed by atoms with Gasteiger partial charge in [0.1, 0.15) is 0 Å². The number of likely N-dealkylation sites (N-methyl/N-ethyl adjacent to an activating group) is 1. The topological polar surface area (TPSA) is 12.0 Å². The molecule has 0 bridgehead atoms. The Labute approximate surface area is 112 Å². The van der Waals surface area contributed by atoms with Crippen LogP contribution in [0.2, 0.25) is 0 Å². The van der Waals surface area contributed by atoms with E-state index in [0.29, 0.717) is 11.5 Å². The summed E-state index contributed by atoms with van der Waals surface area (Å²) in [4.78, 5) is 0. The van der Waals surface area contributed by atoms with Crippen LogP contribution in [0.5, 0.6) is 0 Å². The van der Waals surface area contributed by atoms with E-state index in [4.69, 9.17) is 0 Å². The van der Waals surface area contributed by atoms with Crippen LogP contribution in [0.25, 0.3) is 0 Å². The Bertz CT molecular complexity index is 399. The Hall–Kier alpha value is -0.820. The van der Waals surface area contributed by atoms with Gasteiger partial charge in [0.25, 0.3) is 0 Å². The molecule has 2 unspecified atom stereocenters. The van der Waals surface area contributed by atoms with E-state index in [-0.39, 0.29) is 0 Å². The number of nitrogens with one attached hydrogen (secondary N) is 1. The van der Waals surface area contributed by atoms with Gasteiger partial charge < -0.3 is 5.32 Å². The van der Waals surface area contributed by atoms with Crippen LogP contribution in [-0.4, -0.2) is 12.6 Å². The second kappa shape index (κ2) is 5.05. The van der Waals surface area contributed by atoms with E-state index in [2.05, 4.69) is 58.1 Å². The molecule has 0 saturated heterocycles. The van der Waals surface area contributed by atoms with Gasteiger partial charge in [0.15, 0.2) is 0 Å². The Balaban J connectivity index is 2.14. The van der Waals surface area contributed by atoms with Gasteiger partial charge >= 0.3 is 0 Å². The Morgan fingerprint density at radius 2 is 1.83 bits per heavy atom. The van der Waals surface area contributed by atoms with Crippen LogP contribution >= 0.6 is 0 Å². The third-order valence-corrected chi connectivity index (χ3v) is 4.61. The summed E-state index contributed by atoms with van der Waals surface area (Å²) in [5, 5.41) is 3.70. The van der Waals surface area contributed by atoms with Crippen molar-refractivity contribution in [1.29, 1.82) is 0 Å². The summed E-state index contributed by atoms with van der Waals surface area (Å²) in [5.41, 5.74) is 4.97. The molecule has 1 aromatic rings. The molecule has 0 radical (unpaired) electrons. The molecule has 1 heteroatoms. The van der Waals surface area contributed by atoms with E-state index in [1.807, 2.05) is 0 Å². The van der Waals surface area contributed by atoms with Crippen molar-refractivity contribution in [3.63, 3.8) is 0 Å². The van der Waals surface area contributed by atoms with E-state index in [1.165, 1.54) is 24.0 Å². The van der Waals surface area contributed by atoms with Crippen molar-refractivity contribution in [1.82, 2.24) is 5.32 Å². The minimum Gasteiger partial charge on any atom is -0.314 e. The second-order valence-corrected chi connectivity index (χ2v) is 6.54. The van der Waals surface area contributed by atoms with Gasteiger partial charge in [-0.3, -0.25) is 0 Å². The fourth-order valence-electron chi connectivity index (χ4n) is 3.20. The van der Waals surface area contributed by atoms with Crippen molar-refractivity contribution in [2.45, 2.75) is 53.5 Å². The van der Waals surface area contributed by atoms with Crippen molar-refractivity contribution in [3.8, 4) is 0 Å². The standard InChI is InChI=1S/C17H27N/c1-6-18-16(15-11-17(15,4)5)10-14-12(2)8-7-9-13(14)3/h7-9,15-16,18H,6,10-11H2,1-5H3. The molecule has 1 nitrogen and oxygen atoms in total. The van der Waals surface area contributed by atoms with Gasteiger partial charge in [-0.05, 0) is 61.3 Å². The zero-order chi connectivity index (χ0) is 13.3. The molecule has 1 aliphatic rings. The Morgan fingerprint density at radius 1 is 1.28 bits per heavy atom. The van der Waals surface area contributed by atoms with Crippen LogP contribution in [0.1, 0.15) is 43.9 Å². The van der Waals surface area contributed by atoms with E-state index in [1.54, 1.807) is 5.56 Å². The SMILES string of the molecule is CCNC(Cc1c(C)cccc1C)C1CC1(C)C. The van der Waals surface area contributed by atoms with E-state index >= 15 is 0 Å². The summed E-state index contributed by atoms with van der Waals surface area (Å²) >= 11 is 0. The third kappa shape index (κ3) is 2.77. The van der Waals surface area contributed by atoms with Gasteiger partial charge in [-0.15, -0.1) is 0 Å². The fraction of sp³-hybridized carbons (Fsp3) is 0.647. The second-order valence-electron chi connectivity index (χ2n) is 6.54. The number of aryl methyl sites for hydroxylation is 2. The van der Waals surface area contributed by atoms with Crippen molar-refractivity contribution < 1.29 is 0 Å². The van der Waals surface area contributed by atoms with Gasteiger partial charge in [0.2, 0.25) is 0 Å². The Kier molecular flexibility index (Phi) is 3.82. The highest BCUT2D eigenvalue weighted by atomic mass is 14.9. The maximum atomic E-state index is 3.70. The van der Waals surface area contributed by atoms with Gasteiger partial charge in [0, 0.05) is 6.04 Å². The predicted octanol–water partition coefficient (Wildman–Crippen LogP) is 3.87. The lowest BCUT2D eigenvalue weighted by atomic mass is 9.92. The molecule has 2 atom stereocenters. The molecule has 2 rings (SSSR count). The van der Waals surface area contributed by atoms with Crippen LogP contribution in [-0.2, 0) is 6.42 Å². The van der Waals surface area contributed by atoms with Crippen molar-refractivity contribution >= 4 is 0 Å². The molecule has 18 heavy (non-hydrogen) atoms. The fourth-order valence-corrected chi connectivity index (χ4v) is 3.20. The van der Waals surface area contributed by atoms with Crippen LogP contribution in [0.15, 0.2) is 18.2 Å². The first kappa shape index (κ1) is 13.6. The molecular weight excluding hydrogens is 218 g/mol. The first-order valence-corrected chi connectivity index (χ1v) is 7.24. The van der Waals surface area contributed by atoms with Crippen molar-refractivity contribution in [3.05, 3.63) is 34.9 Å². The van der Waals surface area contributed by atoms with Gasteiger partial charge in [-0.1, -0.05) is 39.0 Å². The van der Waals surface area contributed by atoms with Crippen LogP contribution < -0.4 is 5.32 Å². The molecule has 1 N–H and O–H groups in total. The molecular formula is C17H27N. The monoisotopic (exact) mass is 245 g/mol. The molecule has 0 spiro atoms. The molecule has 1 aromatic carbocycles. The first-order chi connectivity index (χ1) is 8.45. The van der Waals surface area contributed by atoms with E-state index in [9.17, 15) is 0 Å². The maximum absolute atomic E-state index is 3.70. The quantitative estimate of drug-likeness (QED) is 0.830. The zero-order valence-electron chi connectivity index (χ0n) is 12.5. The Morgan fingerprint density at radius 3 is 2.28 bits per heavy atom. The largest absolute Gasteiger partial charge is 0.314 e. The zero-order valence-corrected chi connectivity index (χ0v) is 12.5. The average Bonchev–Trinajstić information content (AvgIpc) is 2.92. The molecule has 100 valence electrons. The lowest BCUT2D eigenvalue weighted by Gasteiger charge is -2.22. The molecule has 0 aliphatic heterocycles. The highest BCUT2D eigenvalue weighted by Crippen LogP contribution is 2.54. The van der Waals surface area contributed by atoms with E-state index in [0.717, 1.165) is 12.5 Å². The summed E-state index contributed by atoms with van der Waals surface area (Å²) in [7, 11) is 0. The van der Waals surface area contributed by atoms with E-state index < -0.39 is 0 Å². The molecule has 1 saturated carbocycles. The third-order valence-electron chi connectivity index (χ3n) is 4.61. The molecule has 0 amide bonds. The maximum Gasteiger partial charge on any atom is 0.0141 e. The lowest BCUT2D eigenvalue weighted by molar-refractivity contribution is 0.408. The molecule has 1 aliphatic carbocycles. The number of benzene rings is 1. The minimum atomic E-state index is 0.545. The van der Waals surface area contributed by atoms with Gasteiger partial charge in [-0.2, -0.15) is 0 Å². The first-order valence-electron chi connectivity index (χ1n) is 7.24. The molecule has 1 fully saturated rings. The number of hydrogen-bond donors (Lipinski definition) is 1. The molecule has 0 aromatic heterocycles.